The van der Waals surface area contributed by atoms with Gasteiger partial charge in [0, 0.05) is 12.1 Å². The maximum Gasteiger partial charge on any atom is 0.152 e. The van der Waals surface area contributed by atoms with Crippen LogP contribution in [0.5, 0.6) is 0 Å². The molecule has 1 aromatic heterocycles. The monoisotopic (exact) mass is 228 g/mol. The molecule has 3 N–H and O–H groups in total. The van der Waals surface area contributed by atoms with Gasteiger partial charge in [0.2, 0.25) is 0 Å². The molecule has 1 aromatic carbocycles. The van der Waals surface area contributed by atoms with E-state index in [1.165, 1.54) is 11.1 Å². The van der Waals surface area contributed by atoms with Crippen molar-refractivity contribution in [3.05, 3.63) is 29.1 Å². The Balaban J connectivity index is 2.44. The summed E-state index contributed by atoms with van der Waals surface area (Å²) in [6.45, 7) is 5.81. The Bertz CT molecular complexity index is 568. The van der Waals surface area contributed by atoms with Gasteiger partial charge in [-0.2, -0.15) is 0 Å². The molecule has 88 valence electrons. The molecule has 2 aromatic rings. The number of H-pyrrole nitrogens is 1. The molecule has 0 amide bonds. The minimum absolute atomic E-state index is 0.345. The van der Waals surface area contributed by atoms with E-state index in [-0.39, 0.29) is 0 Å². The zero-order valence-corrected chi connectivity index (χ0v) is 10.3. The van der Waals surface area contributed by atoms with Gasteiger partial charge in [0.25, 0.3) is 0 Å². The van der Waals surface area contributed by atoms with Gasteiger partial charge < -0.3 is 15.8 Å². The smallest absolute Gasteiger partial charge is 0.152 e. The third-order valence-electron chi connectivity index (χ3n) is 2.83. The third-order valence-corrected chi connectivity index (χ3v) is 2.83. The van der Waals surface area contributed by atoms with E-state index in [1.807, 2.05) is 12.1 Å². The van der Waals surface area contributed by atoms with Gasteiger partial charge in [-0.3, -0.25) is 0 Å². The molecule has 0 bridgehead atoms. The highest BCUT2D eigenvalue weighted by Crippen LogP contribution is 2.17. The lowest BCUT2D eigenvalue weighted by Crippen LogP contribution is -2.06. The van der Waals surface area contributed by atoms with Gasteiger partial charge >= 0.3 is 0 Å². The number of hydrogen-bond acceptors (Lipinski definition) is 3. The van der Waals surface area contributed by atoms with Gasteiger partial charge in [-0.15, -0.1) is 0 Å². The zero-order valence-electron chi connectivity index (χ0n) is 10.3. The van der Waals surface area contributed by atoms with Crippen molar-refractivity contribution in [2.45, 2.75) is 27.2 Å². The fourth-order valence-corrected chi connectivity index (χ4v) is 1.76. The number of aryl methyl sites for hydroxylation is 2. The van der Waals surface area contributed by atoms with Crippen LogP contribution in [-0.2, 0) is 0 Å². The number of aromatic amines is 1. The molecule has 4 nitrogen and oxygen atoms in total. The summed E-state index contributed by atoms with van der Waals surface area (Å²) in [5.74, 6) is 0.566. The molecule has 0 radical (unpaired) electrons. The van der Waals surface area contributed by atoms with Crippen molar-refractivity contribution in [2.24, 2.45) is 0 Å². The standard InChI is InChI=1S/C13H16N4/c1-7-4-11-12(5-8(7)2)17-13(16-11)10(15)6-9(3)14/h4-5,14-15H,6H2,1-3H3,(H,16,17). The van der Waals surface area contributed by atoms with Crippen molar-refractivity contribution in [3.8, 4) is 0 Å². The normalized spacial score (nSPS) is 10.8. The summed E-state index contributed by atoms with van der Waals surface area (Å²) < 4.78 is 0. The van der Waals surface area contributed by atoms with E-state index in [2.05, 4.69) is 23.8 Å². The molecule has 0 fully saturated rings. The Kier molecular flexibility index (Phi) is 2.79. The van der Waals surface area contributed by atoms with Crippen LogP contribution in [0.15, 0.2) is 12.1 Å². The van der Waals surface area contributed by atoms with Crippen molar-refractivity contribution in [2.75, 3.05) is 0 Å². The second-order valence-corrected chi connectivity index (χ2v) is 4.47. The summed E-state index contributed by atoms with van der Waals surface area (Å²) in [5, 5.41) is 15.3. The summed E-state index contributed by atoms with van der Waals surface area (Å²) in [6.07, 6.45) is 0.345. The lowest BCUT2D eigenvalue weighted by atomic mass is 10.1. The first-order valence-corrected chi connectivity index (χ1v) is 5.56. The lowest BCUT2D eigenvalue weighted by Gasteiger charge is -1.97. The van der Waals surface area contributed by atoms with Gasteiger partial charge in [0.1, 0.15) is 0 Å². The van der Waals surface area contributed by atoms with Crippen molar-refractivity contribution in [1.29, 1.82) is 10.8 Å². The number of benzene rings is 1. The van der Waals surface area contributed by atoms with Crippen LogP contribution in [0.1, 0.15) is 30.3 Å². The Labute approximate surface area is 100 Å². The molecule has 0 atom stereocenters. The van der Waals surface area contributed by atoms with Gasteiger partial charge in [-0.1, -0.05) is 0 Å². The molecule has 0 saturated heterocycles. The number of nitrogens with one attached hydrogen (secondary N) is 3. The Morgan fingerprint density at radius 2 is 1.88 bits per heavy atom. The Hall–Kier alpha value is -1.97. The van der Waals surface area contributed by atoms with Gasteiger partial charge in [-0.05, 0) is 44.0 Å². The summed E-state index contributed by atoms with van der Waals surface area (Å²) in [5.41, 5.74) is 5.09. The van der Waals surface area contributed by atoms with Crippen molar-refractivity contribution >= 4 is 22.5 Å². The largest absolute Gasteiger partial charge is 0.337 e. The number of nitrogens with zero attached hydrogens (tertiary/aromatic N) is 1. The van der Waals surface area contributed by atoms with Crippen LogP contribution in [0.3, 0.4) is 0 Å². The van der Waals surface area contributed by atoms with E-state index < -0.39 is 0 Å². The van der Waals surface area contributed by atoms with Crippen LogP contribution in [0.4, 0.5) is 0 Å². The van der Waals surface area contributed by atoms with Gasteiger partial charge in [0.05, 0.1) is 16.7 Å². The SMILES string of the molecule is CC(=N)CC(=N)c1nc2cc(C)c(C)cc2[nH]1. The van der Waals surface area contributed by atoms with E-state index in [1.54, 1.807) is 6.92 Å². The maximum absolute atomic E-state index is 7.87. The highest BCUT2D eigenvalue weighted by molar-refractivity contribution is 6.08. The number of rotatable bonds is 3. The predicted molar refractivity (Wildman–Crippen MR) is 70.4 cm³/mol. The third kappa shape index (κ3) is 2.25. The van der Waals surface area contributed by atoms with Crippen molar-refractivity contribution in [1.82, 2.24) is 9.97 Å². The van der Waals surface area contributed by atoms with Crippen LogP contribution in [0.2, 0.25) is 0 Å². The highest BCUT2D eigenvalue weighted by Gasteiger charge is 2.09. The number of aromatic nitrogens is 2. The minimum atomic E-state index is 0.345. The first-order chi connectivity index (χ1) is 7.97. The molecular weight excluding hydrogens is 212 g/mol. The molecule has 0 unspecified atom stereocenters. The average Bonchev–Trinajstić information content (AvgIpc) is 2.60. The summed E-state index contributed by atoms with van der Waals surface area (Å²) in [7, 11) is 0. The summed E-state index contributed by atoms with van der Waals surface area (Å²) in [4.78, 5) is 7.53. The first-order valence-electron chi connectivity index (χ1n) is 5.56. The first kappa shape index (κ1) is 11.5. The second kappa shape index (κ2) is 4.13. The van der Waals surface area contributed by atoms with E-state index >= 15 is 0 Å². The van der Waals surface area contributed by atoms with E-state index in [0.717, 1.165) is 11.0 Å². The van der Waals surface area contributed by atoms with Crippen LogP contribution in [0, 0.1) is 24.7 Å². The van der Waals surface area contributed by atoms with Crippen molar-refractivity contribution in [3.63, 3.8) is 0 Å². The average molecular weight is 228 g/mol. The molecular formula is C13H16N4. The zero-order chi connectivity index (χ0) is 12.6. The molecule has 0 saturated carbocycles. The second-order valence-electron chi connectivity index (χ2n) is 4.47. The Morgan fingerprint density at radius 1 is 1.24 bits per heavy atom. The molecule has 4 heteroatoms. The number of hydrogen-bond donors (Lipinski definition) is 3. The minimum Gasteiger partial charge on any atom is -0.337 e. The fourth-order valence-electron chi connectivity index (χ4n) is 1.76. The number of imidazole rings is 1. The summed E-state index contributed by atoms with van der Waals surface area (Å²) in [6, 6.07) is 4.07. The fraction of sp³-hybridized carbons (Fsp3) is 0.308. The van der Waals surface area contributed by atoms with Crippen molar-refractivity contribution < 1.29 is 0 Å². The van der Waals surface area contributed by atoms with Crippen LogP contribution in [-0.4, -0.2) is 21.4 Å². The van der Waals surface area contributed by atoms with E-state index in [9.17, 15) is 0 Å². The van der Waals surface area contributed by atoms with Crippen LogP contribution in [0.25, 0.3) is 11.0 Å². The molecule has 0 spiro atoms. The van der Waals surface area contributed by atoms with Crippen LogP contribution >= 0.6 is 0 Å². The van der Waals surface area contributed by atoms with Gasteiger partial charge in [0.15, 0.2) is 5.82 Å². The molecule has 2 rings (SSSR count). The Morgan fingerprint density at radius 3 is 2.53 bits per heavy atom. The number of fused-ring (bicyclic) bond motifs is 1. The molecule has 17 heavy (non-hydrogen) atoms. The molecule has 0 aliphatic rings. The molecule has 1 heterocycles. The maximum atomic E-state index is 7.87. The lowest BCUT2D eigenvalue weighted by molar-refractivity contribution is 1.22. The van der Waals surface area contributed by atoms with E-state index in [0.29, 0.717) is 23.7 Å². The topological polar surface area (TPSA) is 76.4 Å². The summed E-state index contributed by atoms with van der Waals surface area (Å²) >= 11 is 0. The van der Waals surface area contributed by atoms with Gasteiger partial charge in [-0.25, -0.2) is 4.98 Å². The molecule has 0 aliphatic carbocycles. The quantitative estimate of drug-likeness (QED) is 0.694. The molecule has 0 aliphatic heterocycles. The highest BCUT2D eigenvalue weighted by atomic mass is 14.9. The van der Waals surface area contributed by atoms with E-state index in [4.69, 9.17) is 10.8 Å². The van der Waals surface area contributed by atoms with Crippen LogP contribution < -0.4 is 0 Å². The predicted octanol–water partition coefficient (Wildman–Crippen LogP) is 2.98.